The smallest absolute Gasteiger partial charge is 0.0580 e. The second-order valence-corrected chi connectivity index (χ2v) is 8.70. The quantitative estimate of drug-likeness (QED) is 0.867. The highest BCUT2D eigenvalue weighted by molar-refractivity contribution is 4.88. The minimum absolute atomic E-state index is 0.0904. The second kappa shape index (κ2) is 6.97. The Bertz CT molecular complexity index is 326. The molecular weight excluding hydrogens is 260 g/mol. The summed E-state index contributed by atoms with van der Waals surface area (Å²) >= 11 is 0. The predicted octanol–water partition coefficient (Wildman–Crippen LogP) is 2.84. The molecule has 21 heavy (non-hydrogen) atoms. The molecule has 1 saturated carbocycles. The highest BCUT2D eigenvalue weighted by Crippen LogP contribution is 2.40. The van der Waals surface area contributed by atoms with Crippen molar-refractivity contribution >= 4 is 0 Å². The van der Waals surface area contributed by atoms with E-state index >= 15 is 0 Å². The maximum absolute atomic E-state index is 10.4. The van der Waals surface area contributed by atoms with Crippen LogP contribution in [0.5, 0.6) is 0 Å². The Morgan fingerprint density at radius 3 is 2.52 bits per heavy atom. The van der Waals surface area contributed by atoms with Gasteiger partial charge in [-0.3, -0.25) is 0 Å². The first kappa shape index (κ1) is 17.2. The van der Waals surface area contributed by atoms with Crippen LogP contribution in [0, 0.1) is 17.3 Å². The zero-order valence-corrected chi connectivity index (χ0v) is 14.8. The molecule has 1 aliphatic heterocycles. The summed E-state index contributed by atoms with van der Waals surface area (Å²) in [7, 11) is 4.49. The Balaban J connectivity index is 1.90. The lowest BCUT2D eigenvalue weighted by Crippen LogP contribution is -2.48. The average molecular weight is 296 g/mol. The molecule has 1 N–H and O–H groups in total. The van der Waals surface area contributed by atoms with E-state index in [0.29, 0.717) is 17.4 Å². The molecule has 0 bridgehead atoms. The van der Waals surface area contributed by atoms with Gasteiger partial charge in [0.25, 0.3) is 0 Å². The van der Waals surface area contributed by atoms with Crippen molar-refractivity contribution in [1.82, 2.24) is 9.80 Å². The number of hydrogen-bond acceptors (Lipinski definition) is 3. The van der Waals surface area contributed by atoms with E-state index in [0.717, 1.165) is 18.9 Å². The summed E-state index contributed by atoms with van der Waals surface area (Å²) in [6.07, 6.45) is 5.90. The Hall–Kier alpha value is -0.120. The first-order chi connectivity index (χ1) is 9.77. The van der Waals surface area contributed by atoms with Crippen molar-refractivity contribution in [3.8, 4) is 0 Å². The lowest BCUT2D eigenvalue weighted by atomic mass is 9.68. The van der Waals surface area contributed by atoms with Gasteiger partial charge in [-0.2, -0.15) is 0 Å². The first-order valence-electron chi connectivity index (χ1n) is 8.84. The fourth-order valence-corrected chi connectivity index (χ4v) is 4.25. The molecule has 0 aromatic rings. The minimum Gasteiger partial charge on any atom is -0.393 e. The average Bonchev–Trinajstić information content (AvgIpc) is 2.40. The van der Waals surface area contributed by atoms with E-state index in [9.17, 15) is 5.11 Å². The van der Waals surface area contributed by atoms with E-state index in [-0.39, 0.29) is 6.10 Å². The number of hydrogen-bond donors (Lipinski definition) is 1. The number of aliphatic hydroxyl groups is 1. The van der Waals surface area contributed by atoms with Crippen LogP contribution in [-0.4, -0.2) is 60.8 Å². The summed E-state index contributed by atoms with van der Waals surface area (Å²) in [5.41, 5.74) is 0.377. The number of likely N-dealkylation sites (tertiary alicyclic amines) is 1. The van der Waals surface area contributed by atoms with Gasteiger partial charge >= 0.3 is 0 Å². The lowest BCUT2D eigenvalue weighted by molar-refractivity contribution is -0.00350. The largest absolute Gasteiger partial charge is 0.393 e. The second-order valence-electron chi connectivity index (χ2n) is 8.70. The Labute approximate surface area is 131 Å². The Morgan fingerprint density at radius 2 is 1.90 bits per heavy atom. The van der Waals surface area contributed by atoms with Crippen LogP contribution in [0.15, 0.2) is 0 Å². The van der Waals surface area contributed by atoms with Crippen molar-refractivity contribution in [3.05, 3.63) is 0 Å². The monoisotopic (exact) mass is 296 g/mol. The molecule has 2 rings (SSSR count). The summed E-state index contributed by atoms with van der Waals surface area (Å²) in [6, 6.07) is 0.672. The molecule has 0 amide bonds. The Kier molecular flexibility index (Phi) is 5.72. The Morgan fingerprint density at radius 1 is 1.19 bits per heavy atom. The van der Waals surface area contributed by atoms with E-state index in [1.807, 2.05) is 0 Å². The fraction of sp³-hybridized carbons (Fsp3) is 1.00. The summed E-state index contributed by atoms with van der Waals surface area (Å²) in [6.45, 7) is 10.5. The molecule has 0 spiro atoms. The maximum atomic E-state index is 10.4. The predicted molar refractivity (Wildman–Crippen MR) is 89.4 cm³/mol. The van der Waals surface area contributed by atoms with Crippen LogP contribution in [0.2, 0.25) is 0 Å². The van der Waals surface area contributed by atoms with Crippen LogP contribution in [0.1, 0.15) is 52.9 Å². The highest BCUT2D eigenvalue weighted by Gasteiger charge is 2.36. The zero-order chi connectivity index (χ0) is 15.6. The van der Waals surface area contributed by atoms with Gasteiger partial charge in [0.05, 0.1) is 6.10 Å². The summed E-state index contributed by atoms with van der Waals surface area (Å²) in [5, 5.41) is 10.4. The van der Waals surface area contributed by atoms with E-state index in [2.05, 4.69) is 44.7 Å². The molecule has 0 aromatic heterocycles. The molecule has 4 atom stereocenters. The number of nitrogens with zero attached hydrogens (tertiary/aromatic N) is 2. The van der Waals surface area contributed by atoms with E-state index in [1.165, 1.54) is 38.8 Å². The zero-order valence-electron chi connectivity index (χ0n) is 14.8. The maximum Gasteiger partial charge on any atom is 0.0580 e. The molecular formula is C18H36N2O. The first-order valence-corrected chi connectivity index (χ1v) is 8.84. The summed E-state index contributed by atoms with van der Waals surface area (Å²) in [4.78, 5) is 4.97. The molecule has 0 aromatic carbocycles. The van der Waals surface area contributed by atoms with Crippen LogP contribution in [0.3, 0.4) is 0 Å². The van der Waals surface area contributed by atoms with Crippen molar-refractivity contribution in [2.24, 2.45) is 17.3 Å². The van der Waals surface area contributed by atoms with Gasteiger partial charge in [0.1, 0.15) is 0 Å². The SMILES string of the molecule is CN1CCCC(N(C)CC2CC(C(C)(C)C)CCC2O)C1. The molecule has 2 fully saturated rings. The van der Waals surface area contributed by atoms with Gasteiger partial charge in [-0.15, -0.1) is 0 Å². The number of likely N-dealkylation sites (N-methyl/N-ethyl adjacent to an activating group) is 2. The third kappa shape index (κ3) is 4.67. The van der Waals surface area contributed by atoms with E-state index < -0.39 is 0 Å². The normalized spacial score (nSPS) is 36.1. The topological polar surface area (TPSA) is 26.7 Å². The van der Waals surface area contributed by atoms with Gasteiger partial charge < -0.3 is 14.9 Å². The van der Waals surface area contributed by atoms with Crippen LogP contribution in [0.25, 0.3) is 0 Å². The molecule has 1 saturated heterocycles. The van der Waals surface area contributed by atoms with Crippen molar-refractivity contribution in [2.75, 3.05) is 33.7 Å². The van der Waals surface area contributed by atoms with E-state index in [1.54, 1.807) is 0 Å². The number of rotatable bonds is 3. The molecule has 3 nitrogen and oxygen atoms in total. The van der Waals surface area contributed by atoms with Crippen molar-refractivity contribution < 1.29 is 5.11 Å². The third-order valence-corrected chi connectivity index (χ3v) is 5.91. The molecule has 124 valence electrons. The molecule has 3 heteroatoms. The number of piperidine rings is 1. The third-order valence-electron chi connectivity index (χ3n) is 5.91. The summed E-state index contributed by atoms with van der Waals surface area (Å²) in [5.74, 6) is 1.22. The lowest BCUT2D eigenvalue weighted by Gasteiger charge is -2.43. The molecule has 1 heterocycles. The fourth-order valence-electron chi connectivity index (χ4n) is 4.25. The van der Waals surface area contributed by atoms with Crippen LogP contribution in [0.4, 0.5) is 0 Å². The van der Waals surface area contributed by atoms with Crippen LogP contribution >= 0.6 is 0 Å². The van der Waals surface area contributed by atoms with Crippen molar-refractivity contribution in [2.45, 2.75) is 65.0 Å². The van der Waals surface area contributed by atoms with Gasteiger partial charge in [0.2, 0.25) is 0 Å². The van der Waals surface area contributed by atoms with Crippen LogP contribution in [-0.2, 0) is 0 Å². The van der Waals surface area contributed by atoms with E-state index in [4.69, 9.17) is 0 Å². The standard InChI is InChI=1S/C18H36N2O/c1-18(2,3)15-8-9-17(21)14(11-15)12-20(5)16-7-6-10-19(4)13-16/h14-17,21H,6-13H2,1-5H3. The minimum atomic E-state index is -0.0904. The van der Waals surface area contributed by atoms with Gasteiger partial charge in [-0.1, -0.05) is 20.8 Å². The van der Waals surface area contributed by atoms with Gasteiger partial charge in [0.15, 0.2) is 0 Å². The van der Waals surface area contributed by atoms with Crippen molar-refractivity contribution in [3.63, 3.8) is 0 Å². The molecule has 1 aliphatic carbocycles. The van der Waals surface area contributed by atoms with Gasteiger partial charge in [-0.05, 0) is 70.0 Å². The highest BCUT2D eigenvalue weighted by atomic mass is 16.3. The molecule has 2 aliphatic rings. The molecule has 0 radical (unpaired) electrons. The van der Waals surface area contributed by atoms with Crippen molar-refractivity contribution in [1.29, 1.82) is 0 Å². The van der Waals surface area contributed by atoms with Crippen LogP contribution < -0.4 is 0 Å². The molecule has 4 unspecified atom stereocenters. The van der Waals surface area contributed by atoms with Gasteiger partial charge in [-0.25, -0.2) is 0 Å². The van der Waals surface area contributed by atoms with Gasteiger partial charge in [0, 0.05) is 19.1 Å². The summed E-state index contributed by atoms with van der Waals surface area (Å²) < 4.78 is 0. The number of aliphatic hydroxyl groups excluding tert-OH is 1.